The van der Waals surface area contributed by atoms with Crippen molar-refractivity contribution in [3.05, 3.63) is 15.9 Å². The van der Waals surface area contributed by atoms with Gasteiger partial charge in [0.2, 0.25) is 5.91 Å². The molecule has 1 saturated heterocycles. The summed E-state index contributed by atoms with van der Waals surface area (Å²) in [7, 11) is 1.86. The molecule has 0 unspecified atom stereocenters. The van der Waals surface area contributed by atoms with Crippen molar-refractivity contribution in [2.45, 2.75) is 19.3 Å². The Hall–Kier alpha value is -0.390. The van der Waals surface area contributed by atoms with Gasteiger partial charge >= 0.3 is 0 Å². The molecule has 0 bridgehead atoms. The van der Waals surface area contributed by atoms with Crippen molar-refractivity contribution < 1.29 is 4.79 Å². The lowest BCUT2D eigenvalue weighted by atomic mass is 9.94. The number of hydrogen-bond acceptors (Lipinski definition) is 3. The molecule has 5 heteroatoms. The zero-order valence-corrected chi connectivity index (χ0v) is 12.3. The van der Waals surface area contributed by atoms with Gasteiger partial charge in [-0.3, -0.25) is 4.79 Å². The topological polar surface area (TPSA) is 32.3 Å². The molecular formula is C12H17BrN2OS. The van der Waals surface area contributed by atoms with Crippen LogP contribution in [0.4, 0.5) is 5.00 Å². The SMILES string of the molecule is CN(C(=O)CC1CCNCC1)c1cc(Br)cs1. The van der Waals surface area contributed by atoms with Crippen LogP contribution in [-0.4, -0.2) is 26.0 Å². The minimum Gasteiger partial charge on any atom is -0.317 e. The molecule has 0 aliphatic carbocycles. The van der Waals surface area contributed by atoms with E-state index in [1.807, 2.05) is 18.5 Å². The number of nitrogens with one attached hydrogen (secondary N) is 1. The van der Waals surface area contributed by atoms with Crippen molar-refractivity contribution in [3.8, 4) is 0 Å². The van der Waals surface area contributed by atoms with Crippen LogP contribution in [0.3, 0.4) is 0 Å². The third-order valence-electron chi connectivity index (χ3n) is 3.18. The smallest absolute Gasteiger partial charge is 0.227 e. The molecule has 1 aromatic heterocycles. The van der Waals surface area contributed by atoms with E-state index in [-0.39, 0.29) is 5.91 Å². The highest BCUT2D eigenvalue weighted by Gasteiger charge is 2.20. The van der Waals surface area contributed by atoms with E-state index >= 15 is 0 Å². The first-order valence-corrected chi connectivity index (χ1v) is 7.55. The lowest BCUT2D eigenvalue weighted by molar-refractivity contribution is -0.119. The third kappa shape index (κ3) is 3.53. The Kier molecular flexibility index (Phi) is 4.59. The number of anilines is 1. The van der Waals surface area contributed by atoms with Crippen LogP contribution in [0.1, 0.15) is 19.3 Å². The fraction of sp³-hybridized carbons (Fsp3) is 0.583. The summed E-state index contributed by atoms with van der Waals surface area (Å²) in [4.78, 5) is 13.9. The first kappa shape index (κ1) is 13.1. The Balaban J connectivity index is 1.90. The van der Waals surface area contributed by atoms with Gasteiger partial charge in [-0.1, -0.05) is 0 Å². The monoisotopic (exact) mass is 316 g/mol. The van der Waals surface area contributed by atoms with Gasteiger partial charge in [-0.15, -0.1) is 11.3 Å². The lowest BCUT2D eigenvalue weighted by Crippen LogP contribution is -2.33. The van der Waals surface area contributed by atoms with Gasteiger partial charge in [-0.05, 0) is 53.8 Å². The molecule has 1 aliphatic rings. The number of rotatable bonds is 3. The zero-order chi connectivity index (χ0) is 12.3. The Morgan fingerprint density at radius 2 is 2.29 bits per heavy atom. The van der Waals surface area contributed by atoms with Crippen molar-refractivity contribution in [1.82, 2.24) is 5.32 Å². The zero-order valence-electron chi connectivity index (χ0n) is 9.91. The third-order valence-corrected chi connectivity index (χ3v) is 4.95. The average molecular weight is 317 g/mol. The molecular weight excluding hydrogens is 300 g/mol. The van der Waals surface area contributed by atoms with Crippen LogP contribution in [0.2, 0.25) is 0 Å². The van der Waals surface area contributed by atoms with Crippen LogP contribution in [0.25, 0.3) is 0 Å². The van der Waals surface area contributed by atoms with E-state index in [1.165, 1.54) is 0 Å². The summed E-state index contributed by atoms with van der Waals surface area (Å²) in [6, 6.07) is 1.99. The van der Waals surface area contributed by atoms with Crippen LogP contribution < -0.4 is 10.2 Å². The van der Waals surface area contributed by atoms with Gasteiger partial charge in [-0.25, -0.2) is 0 Å². The van der Waals surface area contributed by atoms with Gasteiger partial charge in [0, 0.05) is 23.3 Å². The molecule has 17 heavy (non-hydrogen) atoms. The largest absolute Gasteiger partial charge is 0.317 e. The molecule has 1 fully saturated rings. The summed E-state index contributed by atoms with van der Waals surface area (Å²) in [5, 5.41) is 6.34. The van der Waals surface area contributed by atoms with E-state index in [0.29, 0.717) is 12.3 Å². The van der Waals surface area contributed by atoms with E-state index in [0.717, 1.165) is 35.4 Å². The van der Waals surface area contributed by atoms with Crippen LogP contribution in [-0.2, 0) is 4.79 Å². The molecule has 0 spiro atoms. The van der Waals surface area contributed by atoms with Crippen LogP contribution in [0.15, 0.2) is 15.9 Å². The summed E-state index contributed by atoms with van der Waals surface area (Å²) in [6.45, 7) is 2.10. The number of thiophene rings is 1. The van der Waals surface area contributed by atoms with Crippen molar-refractivity contribution in [2.75, 3.05) is 25.0 Å². The van der Waals surface area contributed by atoms with Crippen molar-refractivity contribution in [2.24, 2.45) is 5.92 Å². The molecule has 2 heterocycles. The molecule has 1 aliphatic heterocycles. The number of piperidine rings is 1. The molecule has 0 radical (unpaired) electrons. The normalized spacial score (nSPS) is 17.1. The molecule has 1 amide bonds. The minimum atomic E-state index is 0.228. The lowest BCUT2D eigenvalue weighted by Gasteiger charge is -2.24. The summed E-state index contributed by atoms with van der Waals surface area (Å²) >= 11 is 5.01. The summed E-state index contributed by atoms with van der Waals surface area (Å²) in [5.41, 5.74) is 0. The van der Waals surface area contributed by atoms with Gasteiger partial charge in [0.1, 0.15) is 0 Å². The van der Waals surface area contributed by atoms with Gasteiger partial charge in [0.25, 0.3) is 0 Å². The first-order valence-electron chi connectivity index (χ1n) is 5.88. The van der Waals surface area contributed by atoms with Crippen LogP contribution in [0.5, 0.6) is 0 Å². The summed E-state index contributed by atoms with van der Waals surface area (Å²) in [5.74, 6) is 0.779. The van der Waals surface area contributed by atoms with Gasteiger partial charge in [0.05, 0.1) is 5.00 Å². The Labute approximate surface area is 114 Å². The van der Waals surface area contributed by atoms with Crippen molar-refractivity contribution in [3.63, 3.8) is 0 Å². The Morgan fingerprint density at radius 1 is 1.59 bits per heavy atom. The van der Waals surface area contributed by atoms with E-state index in [2.05, 4.69) is 21.2 Å². The van der Waals surface area contributed by atoms with Gasteiger partial charge in [-0.2, -0.15) is 0 Å². The van der Waals surface area contributed by atoms with E-state index in [1.54, 1.807) is 16.2 Å². The Morgan fingerprint density at radius 3 is 2.88 bits per heavy atom. The van der Waals surface area contributed by atoms with Gasteiger partial charge < -0.3 is 10.2 Å². The Bertz CT molecular complexity index is 388. The predicted octanol–water partition coefficient (Wildman–Crippen LogP) is 2.86. The summed E-state index contributed by atoms with van der Waals surface area (Å²) < 4.78 is 1.04. The standard InChI is InChI=1S/C12H17BrN2OS/c1-15(12-7-10(13)8-17-12)11(16)6-9-2-4-14-5-3-9/h7-9,14H,2-6H2,1H3. The average Bonchev–Trinajstić information content (AvgIpc) is 2.76. The molecule has 94 valence electrons. The molecule has 3 nitrogen and oxygen atoms in total. The fourth-order valence-corrected chi connectivity index (χ4v) is 3.48. The second-order valence-electron chi connectivity index (χ2n) is 4.45. The number of carbonyl (C=O) groups excluding carboxylic acids is 1. The molecule has 0 atom stereocenters. The predicted molar refractivity (Wildman–Crippen MR) is 75.6 cm³/mol. The molecule has 2 rings (SSSR count). The van der Waals surface area contributed by atoms with Crippen LogP contribution >= 0.6 is 27.3 Å². The maximum Gasteiger partial charge on any atom is 0.227 e. The van der Waals surface area contributed by atoms with Gasteiger partial charge in [0.15, 0.2) is 0 Å². The highest BCUT2D eigenvalue weighted by Crippen LogP contribution is 2.28. The van der Waals surface area contributed by atoms with E-state index in [4.69, 9.17) is 0 Å². The van der Waals surface area contributed by atoms with Crippen molar-refractivity contribution in [1.29, 1.82) is 0 Å². The highest BCUT2D eigenvalue weighted by molar-refractivity contribution is 9.10. The molecule has 0 aromatic carbocycles. The number of hydrogen-bond donors (Lipinski definition) is 1. The quantitative estimate of drug-likeness (QED) is 0.930. The summed E-state index contributed by atoms with van der Waals surface area (Å²) in [6.07, 6.45) is 2.91. The van der Waals surface area contributed by atoms with Crippen LogP contribution in [0, 0.1) is 5.92 Å². The number of nitrogens with zero attached hydrogens (tertiary/aromatic N) is 1. The highest BCUT2D eigenvalue weighted by atomic mass is 79.9. The molecule has 1 aromatic rings. The number of carbonyl (C=O) groups is 1. The maximum absolute atomic E-state index is 12.1. The fourth-order valence-electron chi connectivity index (χ4n) is 2.07. The molecule has 0 saturated carbocycles. The second-order valence-corrected chi connectivity index (χ2v) is 6.26. The first-order chi connectivity index (χ1) is 8.16. The second kappa shape index (κ2) is 5.98. The minimum absolute atomic E-state index is 0.228. The van der Waals surface area contributed by atoms with E-state index in [9.17, 15) is 4.79 Å². The van der Waals surface area contributed by atoms with Crippen molar-refractivity contribution >= 4 is 38.2 Å². The van der Waals surface area contributed by atoms with E-state index < -0.39 is 0 Å². The number of halogens is 1. The number of amides is 1. The molecule has 1 N–H and O–H groups in total. The maximum atomic E-state index is 12.1.